The molecule has 0 bridgehead atoms. The second kappa shape index (κ2) is 2.11. The summed E-state index contributed by atoms with van der Waals surface area (Å²) in [6, 6.07) is 0. The van der Waals surface area contributed by atoms with Crippen molar-refractivity contribution in [3.05, 3.63) is 0 Å². The molecule has 0 aliphatic carbocycles. The van der Waals surface area contributed by atoms with Gasteiger partial charge >= 0.3 is 0 Å². The van der Waals surface area contributed by atoms with E-state index in [1.165, 1.54) is 0 Å². The normalized spacial score (nSPS) is 34.3. The fourth-order valence-corrected chi connectivity index (χ4v) is 0.836. The molecular formula is C4H8BrNO. The van der Waals surface area contributed by atoms with Gasteiger partial charge in [-0.3, -0.25) is 0 Å². The van der Waals surface area contributed by atoms with Gasteiger partial charge in [0.2, 0.25) is 0 Å². The lowest BCUT2D eigenvalue weighted by Gasteiger charge is -2.07. The van der Waals surface area contributed by atoms with Gasteiger partial charge < -0.3 is 4.74 Å². The van der Waals surface area contributed by atoms with Gasteiger partial charge in [-0.25, -0.2) is 3.93 Å². The van der Waals surface area contributed by atoms with Crippen LogP contribution in [0, 0.1) is 0 Å². The van der Waals surface area contributed by atoms with Crippen molar-refractivity contribution in [2.24, 2.45) is 0 Å². The standard InChI is InChI=1S/C4H8BrNO/c1-4-6(5)2-3-7-4/h4H,2-3H2,1H3. The van der Waals surface area contributed by atoms with Crippen LogP contribution in [0.2, 0.25) is 0 Å². The predicted octanol–water partition coefficient (Wildman–Crippen LogP) is 0.975. The van der Waals surface area contributed by atoms with Crippen LogP contribution in [0.15, 0.2) is 0 Å². The first-order valence-corrected chi connectivity index (χ1v) is 3.05. The quantitative estimate of drug-likeness (QED) is 0.497. The molecule has 1 saturated heterocycles. The molecular weight excluding hydrogens is 158 g/mol. The molecule has 0 radical (unpaired) electrons. The molecule has 0 aromatic heterocycles. The molecule has 3 heteroatoms. The Morgan fingerprint density at radius 3 is 2.71 bits per heavy atom. The molecule has 0 aromatic carbocycles. The summed E-state index contributed by atoms with van der Waals surface area (Å²) in [4.78, 5) is 0. The summed E-state index contributed by atoms with van der Waals surface area (Å²) in [5.74, 6) is 0. The minimum Gasteiger partial charge on any atom is -0.361 e. The molecule has 1 rings (SSSR count). The zero-order valence-corrected chi connectivity index (χ0v) is 5.81. The maximum atomic E-state index is 5.14. The molecule has 1 heterocycles. The summed E-state index contributed by atoms with van der Waals surface area (Å²) < 4.78 is 7.14. The lowest BCUT2D eigenvalue weighted by molar-refractivity contribution is 0.0910. The Morgan fingerprint density at radius 2 is 2.57 bits per heavy atom. The molecule has 7 heavy (non-hydrogen) atoms. The fourth-order valence-electron chi connectivity index (χ4n) is 0.573. The average Bonchev–Trinajstić information content (AvgIpc) is 1.91. The Morgan fingerprint density at radius 1 is 1.86 bits per heavy atom. The number of hydrogen-bond donors (Lipinski definition) is 0. The molecule has 42 valence electrons. The lowest BCUT2D eigenvalue weighted by atomic mass is 10.7. The fraction of sp³-hybridized carbons (Fsp3) is 1.00. The van der Waals surface area contributed by atoms with E-state index in [1.807, 2.05) is 10.8 Å². The van der Waals surface area contributed by atoms with E-state index in [0.29, 0.717) is 0 Å². The van der Waals surface area contributed by atoms with Crippen LogP contribution in [-0.2, 0) is 4.74 Å². The first kappa shape index (κ1) is 5.54. The van der Waals surface area contributed by atoms with Crippen molar-refractivity contribution in [1.82, 2.24) is 3.93 Å². The molecule has 1 unspecified atom stereocenters. The van der Waals surface area contributed by atoms with Crippen LogP contribution in [0.5, 0.6) is 0 Å². The third-order valence-electron chi connectivity index (χ3n) is 1.06. The van der Waals surface area contributed by atoms with E-state index in [2.05, 4.69) is 16.1 Å². The Kier molecular flexibility index (Phi) is 1.67. The molecule has 0 N–H and O–H groups in total. The van der Waals surface area contributed by atoms with Crippen molar-refractivity contribution >= 4 is 16.1 Å². The van der Waals surface area contributed by atoms with Crippen LogP contribution >= 0.6 is 16.1 Å². The minimum atomic E-state index is 0.264. The molecule has 1 fully saturated rings. The first-order chi connectivity index (χ1) is 3.30. The summed E-state index contributed by atoms with van der Waals surface area (Å²) in [5.41, 5.74) is 0. The van der Waals surface area contributed by atoms with Crippen LogP contribution in [0.1, 0.15) is 6.92 Å². The number of halogens is 1. The van der Waals surface area contributed by atoms with Crippen molar-refractivity contribution in [3.8, 4) is 0 Å². The second-order valence-corrected chi connectivity index (χ2v) is 2.50. The summed E-state index contributed by atoms with van der Waals surface area (Å²) in [6.07, 6.45) is 0.264. The smallest absolute Gasteiger partial charge is 0.117 e. The highest BCUT2D eigenvalue weighted by atomic mass is 79.9. The van der Waals surface area contributed by atoms with Gasteiger partial charge in [0.15, 0.2) is 0 Å². The van der Waals surface area contributed by atoms with Crippen molar-refractivity contribution < 1.29 is 4.74 Å². The zero-order valence-electron chi connectivity index (χ0n) is 4.22. The Bertz CT molecular complexity index is 60.7. The largest absolute Gasteiger partial charge is 0.361 e. The molecule has 0 amide bonds. The van der Waals surface area contributed by atoms with Gasteiger partial charge in [-0.2, -0.15) is 0 Å². The summed E-state index contributed by atoms with van der Waals surface area (Å²) in [6.45, 7) is 3.87. The second-order valence-electron chi connectivity index (χ2n) is 1.59. The van der Waals surface area contributed by atoms with E-state index in [4.69, 9.17) is 4.74 Å². The van der Waals surface area contributed by atoms with Crippen molar-refractivity contribution in [2.75, 3.05) is 13.2 Å². The molecule has 2 nitrogen and oxygen atoms in total. The van der Waals surface area contributed by atoms with Crippen LogP contribution in [0.3, 0.4) is 0 Å². The highest BCUT2D eigenvalue weighted by Crippen LogP contribution is 2.12. The van der Waals surface area contributed by atoms with E-state index >= 15 is 0 Å². The van der Waals surface area contributed by atoms with Crippen molar-refractivity contribution in [3.63, 3.8) is 0 Å². The summed E-state index contributed by atoms with van der Waals surface area (Å²) in [5, 5.41) is 0. The average molecular weight is 166 g/mol. The van der Waals surface area contributed by atoms with E-state index < -0.39 is 0 Å². The maximum absolute atomic E-state index is 5.14. The Labute approximate surface area is 51.8 Å². The zero-order chi connectivity index (χ0) is 5.28. The molecule has 1 atom stereocenters. The number of rotatable bonds is 0. The van der Waals surface area contributed by atoms with Gasteiger partial charge in [0.25, 0.3) is 0 Å². The maximum Gasteiger partial charge on any atom is 0.117 e. The highest BCUT2D eigenvalue weighted by Gasteiger charge is 2.16. The van der Waals surface area contributed by atoms with Crippen molar-refractivity contribution in [1.29, 1.82) is 0 Å². The Balaban J connectivity index is 2.33. The van der Waals surface area contributed by atoms with Crippen LogP contribution in [-0.4, -0.2) is 23.3 Å². The van der Waals surface area contributed by atoms with E-state index in [0.717, 1.165) is 13.2 Å². The molecule has 0 saturated carbocycles. The molecule has 0 aromatic rings. The Hall–Kier alpha value is 0.400. The molecule has 1 aliphatic heterocycles. The van der Waals surface area contributed by atoms with Gasteiger partial charge in [0, 0.05) is 22.7 Å². The van der Waals surface area contributed by atoms with E-state index in [1.54, 1.807) is 0 Å². The topological polar surface area (TPSA) is 12.5 Å². The number of ether oxygens (including phenoxy) is 1. The third-order valence-corrected chi connectivity index (χ3v) is 1.99. The van der Waals surface area contributed by atoms with E-state index in [9.17, 15) is 0 Å². The summed E-state index contributed by atoms with van der Waals surface area (Å²) in [7, 11) is 0. The van der Waals surface area contributed by atoms with Gasteiger partial charge in [-0.1, -0.05) is 0 Å². The third kappa shape index (κ3) is 1.15. The van der Waals surface area contributed by atoms with Gasteiger partial charge in [0.1, 0.15) is 6.23 Å². The van der Waals surface area contributed by atoms with Gasteiger partial charge in [-0.05, 0) is 6.92 Å². The summed E-state index contributed by atoms with van der Waals surface area (Å²) >= 11 is 3.31. The first-order valence-electron chi connectivity index (χ1n) is 2.35. The monoisotopic (exact) mass is 165 g/mol. The van der Waals surface area contributed by atoms with Crippen LogP contribution in [0.25, 0.3) is 0 Å². The lowest BCUT2D eigenvalue weighted by Crippen LogP contribution is -2.15. The van der Waals surface area contributed by atoms with Crippen LogP contribution < -0.4 is 0 Å². The number of hydrogen-bond acceptors (Lipinski definition) is 2. The molecule has 0 spiro atoms. The van der Waals surface area contributed by atoms with Gasteiger partial charge in [0.05, 0.1) is 6.61 Å². The SMILES string of the molecule is CC1OCCN1Br. The minimum absolute atomic E-state index is 0.264. The van der Waals surface area contributed by atoms with Gasteiger partial charge in [-0.15, -0.1) is 0 Å². The number of nitrogens with zero attached hydrogens (tertiary/aromatic N) is 1. The highest BCUT2D eigenvalue weighted by molar-refractivity contribution is 9.07. The predicted molar refractivity (Wildman–Crippen MR) is 31.0 cm³/mol. The molecule has 1 aliphatic rings. The van der Waals surface area contributed by atoms with Crippen molar-refractivity contribution in [2.45, 2.75) is 13.2 Å². The van der Waals surface area contributed by atoms with Crippen LogP contribution in [0.4, 0.5) is 0 Å². The van der Waals surface area contributed by atoms with E-state index in [-0.39, 0.29) is 6.23 Å².